The number of anilines is 1. The van der Waals surface area contributed by atoms with Crippen LogP contribution >= 0.6 is 0 Å². The van der Waals surface area contributed by atoms with Gasteiger partial charge in [-0.3, -0.25) is 4.31 Å². The zero-order valence-corrected chi connectivity index (χ0v) is 10.7. The van der Waals surface area contributed by atoms with Gasteiger partial charge in [0, 0.05) is 13.1 Å². The van der Waals surface area contributed by atoms with E-state index in [1.165, 1.54) is 16.4 Å². The second-order valence-electron chi connectivity index (χ2n) is 4.44. The smallest absolute Gasteiger partial charge is 0.237 e. The van der Waals surface area contributed by atoms with Gasteiger partial charge in [-0.05, 0) is 25.0 Å². The van der Waals surface area contributed by atoms with Crippen LogP contribution in [0.5, 0.6) is 5.75 Å². The lowest BCUT2D eigenvalue weighted by Crippen LogP contribution is -2.34. The highest BCUT2D eigenvalue weighted by molar-refractivity contribution is 7.93. The minimum Gasteiger partial charge on any atom is -0.508 e. The van der Waals surface area contributed by atoms with Crippen molar-refractivity contribution in [1.29, 1.82) is 0 Å². The van der Waals surface area contributed by atoms with Crippen molar-refractivity contribution < 1.29 is 13.5 Å². The lowest BCUT2D eigenvalue weighted by atomic mass is 10.3. The first-order chi connectivity index (χ1) is 8.01. The molecule has 1 N–H and O–H groups in total. The molecule has 0 atom stereocenters. The first-order valence-corrected chi connectivity index (χ1v) is 7.29. The normalized spacial score (nSPS) is 17.2. The van der Waals surface area contributed by atoms with E-state index in [2.05, 4.69) is 0 Å². The zero-order chi connectivity index (χ0) is 12.5. The SMILES string of the molecule is CN(c1cccc(O)c1)S(=O)(=O)C1CCCC1. The third kappa shape index (κ3) is 2.39. The van der Waals surface area contributed by atoms with Gasteiger partial charge in [0.2, 0.25) is 10.0 Å². The van der Waals surface area contributed by atoms with E-state index in [1.807, 2.05) is 0 Å². The fraction of sp³-hybridized carbons (Fsp3) is 0.500. The lowest BCUT2D eigenvalue weighted by Gasteiger charge is -2.23. The number of hydrogen-bond donors (Lipinski definition) is 1. The Balaban J connectivity index is 2.27. The van der Waals surface area contributed by atoms with Crippen LogP contribution < -0.4 is 4.31 Å². The van der Waals surface area contributed by atoms with Gasteiger partial charge in [0.05, 0.1) is 10.9 Å². The summed E-state index contributed by atoms with van der Waals surface area (Å²) in [5.74, 6) is 0.0796. The molecule has 1 aliphatic carbocycles. The molecule has 1 aliphatic rings. The van der Waals surface area contributed by atoms with Gasteiger partial charge < -0.3 is 5.11 Å². The molecule has 0 aliphatic heterocycles. The average molecular weight is 255 g/mol. The molecule has 0 saturated heterocycles. The third-order valence-electron chi connectivity index (χ3n) is 3.30. The standard InChI is InChI=1S/C12H17NO3S/c1-13(10-5-4-6-11(14)9-10)17(15,16)12-7-2-3-8-12/h4-6,9,12,14H,2-3,7-8H2,1H3. The Kier molecular flexibility index (Phi) is 3.28. The Labute approximate surface area is 102 Å². The van der Waals surface area contributed by atoms with Gasteiger partial charge in [0.25, 0.3) is 0 Å². The molecule has 1 aromatic carbocycles. The molecule has 4 nitrogen and oxygen atoms in total. The Hall–Kier alpha value is -1.23. The van der Waals surface area contributed by atoms with Gasteiger partial charge >= 0.3 is 0 Å². The number of phenols is 1. The molecular weight excluding hydrogens is 238 g/mol. The van der Waals surface area contributed by atoms with Crippen molar-refractivity contribution >= 4 is 15.7 Å². The predicted octanol–water partition coefficient (Wildman–Crippen LogP) is 2.10. The maximum Gasteiger partial charge on any atom is 0.237 e. The second-order valence-corrected chi connectivity index (χ2v) is 6.68. The van der Waals surface area contributed by atoms with Gasteiger partial charge in [-0.25, -0.2) is 8.42 Å². The van der Waals surface area contributed by atoms with Crippen molar-refractivity contribution in [3.63, 3.8) is 0 Å². The topological polar surface area (TPSA) is 57.6 Å². The number of sulfonamides is 1. The molecule has 1 aromatic rings. The summed E-state index contributed by atoms with van der Waals surface area (Å²) in [5, 5.41) is 9.10. The number of phenolic OH excluding ortho intramolecular Hbond substituents is 1. The van der Waals surface area contributed by atoms with Gasteiger partial charge in [0.1, 0.15) is 5.75 Å². The maximum absolute atomic E-state index is 12.3. The molecule has 0 amide bonds. The molecule has 0 aromatic heterocycles. The van der Waals surface area contributed by atoms with Crippen LogP contribution in [-0.2, 0) is 10.0 Å². The molecule has 0 heterocycles. The Bertz CT molecular complexity index is 492. The third-order valence-corrected chi connectivity index (χ3v) is 5.59. The Morgan fingerprint density at radius 1 is 1.29 bits per heavy atom. The maximum atomic E-state index is 12.3. The van der Waals surface area contributed by atoms with Crippen molar-refractivity contribution in [3.8, 4) is 5.75 Å². The predicted molar refractivity (Wildman–Crippen MR) is 67.7 cm³/mol. The summed E-state index contributed by atoms with van der Waals surface area (Å²) in [5.41, 5.74) is 0.511. The van der Waals surface area contributed by atoms with Crippen LogP contribution in [0.1, 0.15) is 25.7 Å². The number of rotatable bonds is 3. The quantitative estimate of drug-likeness (QED) is 0.899. The minimum absolute atomic E-state index is 0.0796. The summed E-state index contributed by atoms with van der Waals surface area (Å²) in [6.07, 6.45) is 3.45. The van der Waals surface area contributed by atoms with Gasteiger partial charge in [-0.1, -0.05) is 18.9 Å². The van der Waals surface area contributed by atoms with Crippen LogP contribution in [0.2, 0.25) is 0 Å². The summed E-state index contributed by atoms with van der Waals surface area (Å²) >= 11 is 0. The van der Waals surface area contributed by atoms with E-state index < -0.39 is 10.0 Å². The van der Waals surface area contributed by atoms with Crippen molar-refractivity contribution in [2.75, 3.05) is 11.4 Å². The molecule has 1 saturated carbocycles. The van der Waals surface area contributed by atoms with Crippen LogP contribution in [0.15, 0.2) is 24.3 Å². The van der Waals surface area contributed by atoms with Gasteiger partial charge in [0.15, 0.2) is 0 Å². The van der Waals surface area contributed by atoms with Gasteiger partial charge in [-0.2, -0.15) is 0 Å². The largest absolute Gasteiger partial charge is 0.508 e. The first kappa shape index (κ1) is 12.2. The summed E-state index contributed by atoms with van der Waals surface area (Å²) in [4.78, 5) is 0. The van der Waals surface area contributed by atoms with E-state index in [9.17, 15) is 13.5 Å². The molecule has 2 rings (SSSR count). The van der Waals surface area contributed by atoms with Crippen molar-refractivity contribution in [2.24, 2.45) is 0 Å². The monoisotopic (exact) mass is 255 g/mol. The molecular formula is C12H17NO3S. The van der Waals surface area contributed by atoms with Crippen LogP contribution in [0.3, 0.4) is 0 Å². The van der Waals surface area contributed by atoms with E-state index in [-0.39, 0.29) is 11.0 Å². The minimum atomic E-state index is -3.29. The van der Waals surface area contributed by atoms with Crippen LogP contribution in [0.4, 0.5) is 5.69 Å². The van der Waals surface area contributed by atoms with E-state index in [0.717, 1.165) is 25.7 Å². The summed E-state index contributed by atoms with van der Waals surface area (Å²) in [6.45, 7) is 0. The van der Waals surface area contributed by atoms with Crippen molar-refractivity contribution in [2.45, 2.75) is 30.9 Å². The fourth-order valence-corrected chi connectivity index (χ4v) is 4.03. The molecule has 0 bridgehead atoms. The Morgan fingerprint density at radius 3 is 2.53 bits per heavy atom. The van der Waals surface area contributed by atoms with Crippen LogP contribution in [-0.4, -0.2) is 25.8 Å². The van der Waals surface area contributed by atoms with Crippen LogP contribution in [0, 0.1) is 0 Å². The summed E-state index contributed by atoms with van der Waals surface area (Å²) < 4.78 is 25.9. The van der Waals surface area contributed by atoms with E-state index in [0.29, 0.717) is 5.69 Å². The summed E-state index contributed by atoms with van der Waals surface area (Å²) in [6, 6.07) is 6.32. The molecule has 0 unspecified atom stereocenters. The van der Waals surface area contributed by atoms with E-state index >= 15 is 0 Å². The van der Waals surface area contributed by atoms with Gasteiger partial charge in [-0.15, -0.1) is 0 Å². The highest BCUT2D eigenvalue weighted by atomic mass is 32.2. The fourth-order valence-electron chi connectivity index (χ4n) is 2.25. The van der Waals surface area contributed by atoms with E-state index in [1.54, 1.807) is 19.2 Å². The highest BCUT2D eigenvalue weighted by Crippen LogP contribution is 2.30. The van der Waals surface area contributed by atoms with Crippen molar-refractivity contribution in [1.82, 2.24) is 0 Å². The molecule has 17 heavy (non-hydrogen) atoms. The average Bonchev–Trinajstić information content (AvgIpc) is 2.82. The zero-order valence-electron chi connectivity index (χ0n) is 9.83. The first-order valence-electron chi connectivity index (χ1n) is 5.78. The van der Waals surface area contributed by atoms with E-state index in [4.69, 9.17) is 0 Å². The number of hydrogen-bond acceptors (Lipinski definition) is 3. The number of benzene rings is 1. The highest BCUT2D eigenvalue weighted by Gasteiger charge is 2.32. The molecule has 5 heteroatoms. The summed E-state index contributed by atoms with van der Waals surface area (Å²) in [7, 11) is -1.74. The molecule has 1 fully saturated rings. The number of nitrogens with zero attached hydrogens (tertiary/aromatic N) is 1. The van der Waals surface area contributed by atoms with Crippen LogP contribution in [0.25, 0.3) is 0 Å². The molecule has 0 radical (unpaired) electrons. The number of aromatic hydroxyl groups is 1. The van der Waals surface area contributed by atoms with Crippen molar-refractivity contribution in [3.05, 3.63) is 24.3 Å². The molecule has 94 valence electrons. The second kappa shape index (κ2) is 4.56. The Morgan fingerprint density at radius 2 is 1.94 bits per heavy atom. The lowest BCUT2D eigenvalue weighted by molar-refractivity contribution is 0.475. The molecule has 0 spiro atoms.